The zero-order chi connectivity index (χ0) is 21.8. The number of nitrogens with zero attached hydrogens (tertiary/aromatic N) is 2. The zero-order valence-electron chi connectivity index (χ0n) is 15.8. The average Bonchev–Trinajstić information content (AvgIpc) is 2.70. The van der Waals surface area contributed by atoms with Crippen molar-refractivity contribution in [1.29, 1.82) is 0 Å². The normalized spacial score (nSPS) is 17.9. The third-order valence-electron chi connectivity index (χ3n) is 4.86. The van der Waals surface area contributed by atoms with Gasteiger partial charge in [0.05, 0.1) is 6.42 Å². The molecule has 2 unspecified atom stereocenters. The lowest BCUT2D eigenvalue weighted by Crippen LogP contribution is -2.61. The molecule has 6 nitrogen and oxygen atoms in total. The van der Waals surface area contributed by atoms with Crippen LogP contribution in [0, 0.1) is 5.82 Å². The van der Waals surface area contributed by atoms with Gasteiger partial charge in [0, 0.05) is 18.0 Å². The van der Waals surface area contributed by atoms with Crippen molar-refractivity contribution in [3.8, 4) is 0 Å². The number of benzene rings is 2. The fourth-order valence-electron chi connectivity index (χ4n) is 3.32. The van der Waals surface area contributed by atoms with Gasteiger partial charge in [-0.05, 0) is 35.4 Å². The van der Waals surface area contributed by atoms with Crippen LogP contribution in [0.4, 0.5) is 4.39 Å². The minimum Gasteiger partial charge on any atom is -0.481 e. The second-order valence-corrected chi connectivity index (χ2v) is 7.93. The lowest BCUT2D eigenvalue weighted by atomic mass is 10.0. The summed E-state index contributed by atoms with van der Waals surface area (Å²) in [6.45, 7) is -0.265. The molecule has 158 valence electrons. The summed E-state index contributed by atoms with van der Waals surface area (Å²) < 4.78 is 13.2. The number of hydrogen-bond acceptors (Lipinski definition) is 3. The van der Waals surface area contributed by atoms with Crippen molar-refractivity contribution in [1.82, 2.24) is 9.80 Å². The van der Waals surface area contributed by atoms with Crippen LogP contribution in [0.3, 0.4) is 0 Å². The van der Waals surface area contributed by atoms with Gasteiger partial charge in [-0.1, -0.05) is 47.5 Å². The van der Waals surface area contributed by atoms with Crippen molar-refractivity contribution in [3.05, 3.63) is 70.5 Å². The number of aliphatic carboxylic acids is 1. The first-order valence-corrected chi connectivity index (χ1v) is 10.0. The summed E-state index contributed by atoms with van der Waals surface area (Å²) in [5.41, 5.74) is 0.583. The lowest BCUT2D eigenvalue weighted by molar-refractivity contribution is -0.160. The highest BCUT2D eigenvalue weighted by Gasteiger charge is 2.42. The first-order valence-electron chi connectivity index (χ1n) is 9.19. The van der Waals surface area contributed by atoms with E-state index in [1.807, 2.05) is 0 Å². The maximum atomic E-state index is 13.2. The molecule has 1 aliphatic rings. The van der Waals surface area contributed by atoms with Crippen molar-refractivity contribution in [3.63, 3.8) is 0 Å². The van der Waals surface area contributed by atoms with Gasteiger partial charge < -0.3 is 14.9 Å². The van der Waals surface area contributed by atoms with Crippen LogP contribution in [0.2, 0.25) is 5.02 Å². The second-order valence-electron chi connectivity index (χ2n) is 6.99. The average molecular weight is 453 g/mol. The molecule has 2 amide bonds. The molecule has 2 aromatic rings. The molecule has 1 N–H and O–H groups in total. The van der Waals surface area contributed by atoms with E-state index in [2.05, 4.69) is 0 Å². The Balaban J connectivity index is 1.79. The molecule has 9 heteroatoms. The van der Waals surface area contributed by atoms with Crippen LogP contribution in [-0.2, 0) is 27.3 Å². The van der Waals surface area contributed by atoms with E-state index in [-0.39, 0.29) is 19.5 Å². The highest BCUT2D eigenvalue weighted by atomic mass is 35.5. The number of piperazine rings is 1. The molecule has 30 heavy (non-hydrogen) atoms. The predicted molar refractivity (Wildman–Crippen MR) is 110 cm³/mol. The number of rotatable bonds is 7. The monoisotopic (exact) mass is 452 g/mol. The molecule has 0 radical (unpaired) electrons. The largest absolute Gasteiger partial charge is 0.481 e. The second kappa shape index (κ2) is 9.45. The van der Waals surface area contributed by atoms with E-state index < -0.39 is 41.6 Å². The number of carbonyl (C=O) groups excluding carboxylic acids is 2. The van der Waals surface area contributed by atoms with Crippen LogP contribution >= 0.6 is 23.2 Å². The summed E-state index contributed by atoms with van der Waals surface area (Å²) in [4.78, 5) is 39.6. The van der Waals surface area contributed by atoms with Gasteiger partial charge >= 0.3 is 5.97 Å². The molecule has 0 bridgehead atoms. The summed E-state index contributed by atoms with van der Waals surface area (Å²) in [5.74, 6) is -2.60. The molecule has 0 saturated carbocycles. The zero-order valence-corrected chi connectivity index (χ0v) is 17.3. The number of hydrogen-bond donors (Lipinski definition) is 1. The van der Waals surface area contributed by atoms with Crippen LogP contribution in [0.15, 0.2) is 48.5 Å². The highest BCUT2D eigenvalue weighted by molar-refractivity contribution is 6.30. The van der Waals surface area contributed by atoms with Crippen LogP contribution in [-0.4, -0.2) is 50.8 Å². The first-order chi connectivity index (χ1) is 14.2. The van der Waals surface area contributed by atoms with Gasteiger partial charge in [0.25, 0.3) is 0 Å². The number of alkyl halides is 1. The Morgan fingerprint density at radius 3 is 2.30 bits per heavy atom. The van der Waals surface area contributed by atoms with Gasteiger partial charge in [-0.25, -0.2) is 4.39 Å². The highest BCUT2D eigenvalue weighted by Crippen LogP contribution is 2.24. The van der Waals surface area contributed by atoms with Crippen LogP contribution in [0.1, 0.15) is 17.5 Å². The fourth-order valence-corrected chi connectivity index (χ4v) is 3.79. The van der Waals surface area contributed by atoms with Crippen molar-refractivity contribution < 1.29 is 23.9 Å². The van der Waals surface area contributed by atoms with Gasteiger partial charge in [-0.15, -0.1) is 0 Å². The molecule has 0 spiro atoms. The third kappa shape index (κ3) is 5.29. The van der Waals surface area contributed by atoms with Gasteiger partial charge in [-0.2, -0.15) is 0 Å². The molecule has 1 heterocycles. The minimum atomic E-state index is -1.21. The molecular formula is C21H19Cl2FN2O4. The third-order valence-corrected chi connectivity index (χ3v) is 5.50. The van der Waals surface area contributed by atoms with E-state index >= 15 is 0 Å². The van der Waals surface area contributed by atoms with E-state index in [9.17, 15) is 23.9 Å². The van der Waals surface area contributed by atoms with Gasteiger partial charge in [0.2, 0.25) is 11.8 Å². The topological polar surface area (TPSA) is 77.9 Å². The van der Waals surface area contributed by atoms with Crippen molar-refractivity contribution in [2.45, 2.75) is 30.9 Å². The molecule has 2 atom stereocenters. The number of carboxylic acids is 1. The molecular weight excluding hydrogens is 434 g/mol. The van der Waals surface area contributed by atoms with E-state index in [4.69, 9.17) is 23.2 Å². The Morgan fingerprint density at radius 1 is 1.10 bits per heavy atom. The standard InChI is InChI=1S/C21H19Cl2FN2O4/c22-15-5-1-13(2-6-15)9-18(23)26-12-19(27)25(17(21(26)30)10-20(28)29)11-14-3-7-16(24)8-4-14/h1-8,17-18H,9-12H2,(H,28,29). The van der Waals surface area contributed by atoms with E-state index in [1.165, 1.54) is 34.1 Å². The number of amides is 2. The maximum absolute atomic E-state index is 13.2. The maximum Gasteiger partial charge on any atom is 0.305 e. The molecule has 3 rings (SSSR count). The summed E-state index contributed by atoms with van der Waals surface area (Å²) in [7, 11) is 0. The van der Waals surface area contributed by atoms with Crippen molar-refractivity contribution in [2.24, 2.45) is 0 Å². The van der Waals surface area contributed by atoms with E-state index in [0.29, 0.717) is 10.6 Å². The van der Waals surface area contributed by atoms with Crippen LogP contribution in [0.5, 0.6) is 0 Å². The molecule has 1 fully saturated rings. The van der Waals surface area contributed by atoms with Gasteiger partial charge in [0.15, 0.2) is 0 Å². The summed E-state index contributed by atoms with van der Waals surface area (Å²) >= 11 is 12.3. The number of halogens is 3. The van der Waals surface area contributed by atoms with Gasteiger partial charge in [0.1, 0.15) is 23.9 Å². The predicted octanol–water partition coefficient (Wildman–Crippen LogP) is 3.30. The molecule has 0 aliphatic carbocycles. The van der Waals surface area contributed by atoms with E-state index in [1.54, 1.807) is 24.3 Å². The molecule has 0 aromatic heterocycles. The molecule has 1 aliphatic heterocycles. The summed E-state index contributed by atoms with van der Waals surface area (Å²) in [6.07, 6.45) is -0.275. The van der Waals surface area contributed by atoms with Crippen molar-refractivity contribution in [2.75, 3.05) is 6.54 Å². The molecule has 2 aromatic carbocycles. The Kier molecular flexibility index (Phi) is 6.95. The fraction of sp³-hybridized carbons (Fsp3) is 0.286. The van der Waals surface area contributed by atoms with Crippen LogP contribution in [0.25, 0.3) is 0 Å². The Morgan fingerprint density at radius 2 is 1.70 bits per heavy atom. The van der Waals surface area contributed by atoms with E-state index in [0.717, 1.165) is 5.56 Å². The lowest BCUT2D eigenvalue weighted by Gasteiger charge is -2.41. The quantitative estimate of drug-likeness (QED) is 0.516. The molecule has 1 saturated heterocycles. The van der Waals surface area contributed by atoms with Gasteiger partial charge in [-0.3, -0.25) is 14.4 Å². The SMILES string of the molecule is O=C(O)CC1C(=O)N(C(Cl)Cc2ccc(Cl)cc2)CC(=O)N1Cc1ccc(F)cc1. The Bertz CT molecular complexity index is 937. The van der Waals surface area contributed by atoms with Crippen LogP contribution < -0.4 is 0 Å². The Hall–Kier alpha value is -2.64. The smallest absolute Gasteiger partial charge is 0.305 e. The number of carboxylic acid groups (broad SMARTS) is 1. The summed E-state index contributed by atoms with van der Waals surface area (Å²) in [6, 6.07) is 11.2. The summed E-state index contributed by atoms with van der Waals surface area (Å²) in [5, 5.41) is 9.83. The minimum absolute atomic E-state index is 0.000771. The van der Waals surface area contributed by atoms with Crippen molar-refractivity contribution >= 4 is 41.0 Å². The number of carbonyl (C=O) groups is 3. The first kappa shape index (κ1) is 22.1. The Labute approximate surface area is 182 Å².